The van der Waals surface area contributed by atoms with Gasteiger partial charge in [0.15, 0.2) is 0 Å². The lowest BCUT2D eigenvalue weighted by molar-refractivity contribution is -0.117. The lowest BCUT2D eigenvalue weighted by atomic mass is 10.2. The number of sulfonamides is 1. The van der Waals surface area contributed by atoms with Crippen LogP contribution in [-0.2, 0) is 24.4 Å². The summed E-state index contributed by atoms with van der Waals surface area (Å²) in [6.45, 7) is 4.51. The number of carbonyl (C=O) groups excluding carboxylic acids is 3. The van der Waals surface area contributed by atoms with E-state index < -0.39 is 22.0 Å². The van der Waals surface area contributed by atoms with Crippen molar-refractivity contribution in [3.8, 4) is 0 Å². The van der Waals surface area contributed by atoms with Crippen LogP contribution in [0.1, 0.15) is 27.2 Å². The highest BCUT2D eigenvalue weighted by Crippen LogP contribution is 2.16. The summed E-state index contributed by atoms with van der Waals surface area (Å²) in [4.78, 5) is 34.7. The third-order valence-corrected chi connectivity index (χ3v) is 5.52. The van der Waals surface area contributed by atoms with Gasteiger partial charge in [0.1, 0.15) is 0 Å². The van der Waals surface area contributed by atoms with Gasteiger partial charge in [0.25, 0.3) is 0 Å². The van der Waals surface area contributed by atoms with Gasteiger partial charge in [-0.15, -0.1) is 0 Å². The van der Waals surface area contributed by atoms with Gasteiger partial charge < -0.3 is 16.0 Å². The van der Waals surface area contributed by atoms with E-state index in [0.29, 0.717) is 23.5 Å². The molecule has 4 N–H and O–H groups in total. The number of nitrogens with one attached hydrogen (secondary N) is 4. The van der Waals surface area contributed by atoms with Crippen molar-refractivity contribution in [1.82, 2.24) is 4.72 Å². The van der Waals surface area contributed by atoms with Crippen molar-refractivity contribution in [1.29, 1.82) is 0 Å². The van der Waals surface area contributed by atoms with Gasteiger partial charge in [-0.1, -0.05) is 6.92 Å². The molecule has 0 unspecified atom stereocenters. The molecule has 0 spiro atoms. The lowest BCUT2D eigenvalue weighted by Gasteiger charge is -2.15. The van der Waals surface area contributed by atoms with Crippen LogP contribution >= 0.6 is 0 Å². The van der Waals surface area contributed by atoms with Crippen LogP contribution in [0.15, 0.2) is 53.4 Å². The summed E-state index contributed by atoms with van der Waals surface area (Å²) in [6.07, 6.45) is 0.353. The number of anilines is 3. The van der Waals surface area contributed by atoms with E-state index in [1.165, 1.54) is 38.1 Å². The van der Waals surface area contributed by atoms with Gasteiger partial charge in [0.05, 0.1) is 10.9 Å². The maximum Gasteiger partial charge on any atom is 0.242 e. The van der Waals surface area contributed by atoms with Gasteiger partial charge in [-0.25, -0.2) is 8.42 Å². The largest absolute Gasteiger partial charge is 0.326 e. The van der Waals surface area contributed by atoms with Crippen molar-refractivity contribution in [3.63, 3.8) is 0 Å². The molecule has 0 aliphatic carbocycles. The van der Waals surface area contributed by atoms with Crippen LogP contribution in [0.5, 0.6) is 0 Å². The Bertz CT molecular complexity index is 1020. The minimum Gasteiger partial charge on any atom is -0.326 e. The molecule has 9 nitrogen and oxygen atoms in total. The van der Waals surface area contributed by atoms with E-state index in [0.717, 1.165) is 0 Å². The smallest absolute Gasteiger partial charge is 0.242 e. The molecule has 0 aliphatic rings. The normalized spacial score (nSPS) is 12.0. The number of amides is 3. The van der Waals surface area contributed by atoms with Gasteiger partial charge in [0, 0.05) is 30.4 Å². The molecule has 2 aromatic carbocycles. The number of carbonyl (C=O) groups is 3. The maximum atomic E-state index is 12.5. The molecule has 0 aromatic heterocycles. The van der Waals surface area contributed by atoms with E-state index in [1.807, 2.05) is 0 Å². The van der Waals surface area contributed by atoms with E-state index in [9.17, 15) is 22.8 Å². The fraction of sp³-hybridized carbons (Fsp3) is 0.250. The monoisotopic (exact) mass is 432 g/mol. The molecule has 0 saturated carbocycles. The van der Waals surface area contributed by atoms with Crippen molar-refractivity contribution in [2.75, 3.05) is 16.0 Å². The van der Waals surface area contributed by atoms with Crippen molar-refractivity contribution >= 4 is 44.8 Å². The summed E-state index contributed by atoms with van der Waals surface area (Å²) < 4.78 is 27.3. The number of rotatable bonds is 8. The second-order valence-electron chi connectivity index (χ2n) is 6.52. The number of hydrogen-bond acceptors (Lipinski definition) is 5. The minimum absolute atomic E-state index is 0.0349. The first kappa shape index (κ1) is 23.0. The highest BCUT2D eigenvalue weighted by molar-refractivity contribution is 7.89. The molecule has 30 heavy (non-hydrogen) atoms. The molecular weight excluding hydrogens is 408 g/mol. The Hall–Kier alpha value is -3.24. The van der Waals surface area contributed by atoms with Crippen LogP contribution in [0.3, 0.4) is 0 Å². The van der Waals surface area contributed by atoms with Crippen LogP contribution in [0, 0.1) is 0 Å². The number of hydrogen-bond donors (Lipinski definition) is 4. The first-order chi connectivity index (χ1) is 14.1. The Kier molecular flexibility index (Phi) is 7.67. The van der Waals surface area contributed by atoms with Crippen LogP contribution in [-0.4, -0.2) is 32.2 Å². The summed E-state index contributed by atoms with van der Waals surface area (Å²) in [5, 5.41) is 7.85. The molecule has 0 radical (unpaired) electrons. The Morgan fingerprint density at radius 1 is 0.833 bits per heavy atom. The number of benzene rings is 2. The van der Waals surface area contributed by atoms with Gasteiger partial charge >= 0.3 is 0 Å². The summed E-state index contributed by atoms with van der Waals surface area (Å²) in [6, 6.07) is 11.0. The van der Waals surface area contributed by atoms with Crippen LogP contribution in [0.25, 0.3) is 0 Å². The Morgan fingerprint density at radius 2 is 1.30 bits per heavy atom. The van der Waals surface area contributed by atoms with Crippen LogP contribution < -0.4 is 20.7 Å². The lowest BCUT2D eigenvalue weighted by Crippen LogP contribution is -2.41. The van der Waals surface area contributed by atoms with E-state index >= 15 is 0 Å². The highest BCUT2D eigenvalue weighted by Gasteiger charge is 2.22. The summed E-state index contributed by atoms with van der Waals surface area (Å²) in [7, 11) is -3.94. The van der Waals surface area contributed by atoms with Crippen molar-refractivity contribution < 1.29 is 22.8 Å². The topological polar surface area (TPSA) is 133 Å². The van der Waals surface area contributed by atoms with E-state index in [-0.39, 0.29) is 16.7 Å². The molecule has 3 amide bonds. The van der Waals surface area contributed by atoms with Crippen molar-refractivity contribution in [2.24, 2.45) is 0 Å². The van der Waals surface area contributed by atoms with Gasteiger partial charge in [-0.05, 0) is 55.5 Å². The summed E-state index contributed by atoms with van der Waals surface area (Å²) in [5.41, 5.74) is 1.52. The van der Waals surface area contributed by atoms with Crippen molar-refractivity contribution in [2.45, 2.75) is 38.1 Å². The second-order valence-corrected chi connectivity index (χ2v) is 8.23. The standard InChI is InChI=1S/C20H24N4O5S/c1-4-19(26)22-16-5-7-17(8-6-16)23-20(27)13(2)24-30(28,29)18-11-9-15(10-12-18)21-14(3)25/h5-13,24H,4H2,1-3H3,(H,21,25)(H,22,26)(H,23,27)/t13-/m0/s1. The molecule has 0 heterocycles. The molecule has 0 aliphatic heterocycles. The molecule has 2 aromatic rings. The molecule has 2 rings (SSSR count). The van der Waals surface area contributed by atoms with Crippen molar-refractivity contribution in [3.05, 3.63) is 48.5 Å². The van der Waals surface area contributed by atoms with E-state index in [1.54, 1.807) is 31.2 Å². The predicted molar refractivity (Wildman–Crippen MR) is 115 cm³/mol. The molecular formula is C20H24N4O5S. The average Bonchev–Trinajstić information content (AvgIpc) is 2.69. The van der Waals surface area contributed by atoms with Gasteiger partial charge in [-0.2, -0.15) is 4.72 Å². The third kappa shape index (κ3) is 6.68. The zero-order chi connectivity index (χ0) is 22.3. The van der Waals surface area contributed by atoms with Crippen LogP contribution in [0.4, 0.5) is 17.1 Å². The molecule has 0 bridgehead atoms. The highest BCUT2D eigenvalue weighted by atomic mass is 32.2. The Labute approximate surface area is 175 Å². The Balaban J connectivity index is 1.98. The van der Waals surface area contributed by atoms with Gasteiger partial charge in [0.2, 0.25) is 27.7 Å². The van der Waals surface area contributed by atoms with E-state index in [4.69, 9.17) is 0 Å². The molecule has 0 fully saturated rings. The van der Waals surface area contributed by atoms with Crippen LogP contribution in [0.2, 0.25) is 0 Å². The minimum atomic E-state index is -3.94. The first-order valence-electron chi connectivity index (χ1n) is 9.21. The fourth-order valence-electron chi connectivity index (χ4n) is 2.41. The van der Waals surface area contributed by atoms with E-state index in [2.05, 4.69) is 20.7 Å². The fourth-order valence-corrected chi connectivity index (χ4v) is 3.61. The van der Waals surface area contributed by atoms with Gasteiger partial charge in [-0.3, -0.25) is 14.4 Å². The maximum absolute atomic E-state index is 12.5. The molecule has 1 atom stereocenters. The molecule has 10 heteroatoms. The summed E-state index contributed by atoms with van der Waals surface area (Å²) in [5.74, 6) is -0.937. The SMILES string of the molecule is CCC(=O)Nc1ccc(NC(=O)[C@H](C)NS(=O)(=O)c2ccc(NC(C)=O)cc2)cc1. The summed E-state index contributed by atoms with van der Waals surface area (Å²) >= 11 is 0. The Morgan fingerprint density at radius 3 is 1.80 bits per heavy atom. The third-order valence-electron chi connectivity index (χ3n) is 3.97. The molecule has 0 saturated heterocycles. The zero-order valence-electron chi connectivity index (χ0n) is 16.9. The molecule has 160 valence electrons. The average molecular weight is 433 g/mol. The predicted octanol–water partition coefficient (Wildman–Crippen LogP) is 2.30. The first-order valence-corrected chi connectivity index (χ1v) is 10.7. The second kappa shape index (κ2) is 9.99. The quantitative estimate of drug-likeness (QED) is 0.508. The zero-order valence-corrected chi connectivity index (χ0v) is 17.7.